The number of nitrogens with zero attached hydrogens (tertiary/aromatic N) is 2. The molecule has 1 saturated heterocycles. The predicted molar refractivity (Wildman–Crippen MR) is 52.0 cm³/mol. The van der Waals surface area contributed by atoms with Gasteiger partial charge in [-0.05, 0) is 30.5 Å². The van der Waals surface area contributed by atoms with Crippen molar-refractivity contribution in [3.63, 3.8) is 0 Å². The van der Waals surface area contributed by atoms with Gasteiger partial charge in [-0.15, -0.1) is 0 Å². The first-order valence-corrected chi connectivity index (χ1v) is 4.83. The molecule has 4 heteroatoms. The van der Waals surface area contributed by atoms with Gasteiger partial charge in [0, 0.05) is 12.7 Å². The molecule has 14 heavy (non-hydrogen) atoms. The molecule has 3 heterocycles. The number of oxazole rings is 1. The van der Waals surface area contributed by atoms with Crippen LogP contribution in [0.4, 0.5) is 0 Å². The first-order valence-electron chi connectivity index (χ1n) is 4.83. The summed E-state index contributed by atoms with van der Waals surface area (Å²) in [6.45, 7) is 2.15. The smallest absolute Gasteiger partial charge is 0.246 e. The Hall–Kier alpha value is -1.42. The Morgan fingerprint density at radius 3 is 3.29 bits per heavy atom. The zero-order chi connectivity index (χ0) is 9.38. The minimum atomic E-state index is 0.587. The summed E-state index contributed by atoms with van der Waals surface area (Å²) >= 11 is 0. The van der Waals surface area contributed by atoms with Crippen LogP contribution in [-0.2, 0) is 0 Å². The molecular formula is C10H11N3O. The van der Waals surface area contributed by atoms with Gasteiger partial charge in [0.05, 0.1) is 0 Å². The van der Waals surface area contributed by atoms with E-state index in [1.807, 2.05) is 6.20 Å². The molecule has 0 amide bonds. The van der Waals surface area contributed by atoms with Crippen LogP contribution in [0.1, 0.15) is 17.9 Å². The van der Waals surface area contributed by atoms with Gasteiger partial charge in [-0.3, -0.25) is 0 Å². The lowest BCUT2D eigenvalue weighted by Gasteiger charge is -2.06. The van der Waals surface area contributed by atoms with Crippen LogP contribution >= 0.6 is 0 Å². The monoisotopic (exact) mass is 189 g/mol. The Labute approximate surface area is 81.4 Å². The molecule has 1 aliphatic heterocycles. The lowest BCUT2D eigenvalue weighted by molar-refractivity contribution is 0.590. The molecular weight excluding hydrogens is 178 g/mol. The van der Waals surface area contributed by atoms with E-state index < -0.39 is 0 Å². The first kappa shape index (κ1) is 7.94. The molecule has 1 fully saturated rings. The molecule has 1 N–H and O–H groups in total. The van der Waals surface area contributed by atoms with Crippen LogP contribution in [0.25, 0.3) is 11.2 Å². The van der Waals surface area contributed by atoms with Crippen molar-refractivity contribution in [2.24, 2.45) is 0 Å². The van der Waals surface area contributed by atoms with Gasteiger partial charge >= 0.3 is 0 Å². The third kappa shape index (κ3) is 1.19. The Kier molecular flexibility index (Phi) is 1.73. The summed E-state index contributed by atoms with van der Waals surface area (Å²) in [4.78, 5) is 8.33. The van der Waals surface area contributed by atoms with Crippen molar-refractivity contribution in [1.29, 1.82) is 0 Å². The quantitative estimate of drug-likeness (QED) is 0.734. The second-order valence-electron chi connectivity index (χ2n) is 3.64. The molecule has 1 atom stereocenters. The van der Waals surface area contributed by atoms with Gasteiger partial charge in [-0.2, -0.15) is 0 Å². The van der Waals surface area contributed by atoms with Gasteiger partial charge in [-0.1, -0.05) is 0 Å². The molecule has 72 valence electrons. The zero-order valence-electron chi connectivity index (χ0n) is 7.73. The highest BCUT2D eigenvalue weighted by atomic mass is 16.3. The maximum absolute atomic E-state index is 5.10. The molecule has 1 aliphatic rings. The summed E-state index contributed by atoms with van der Waals surface area (Å²) in [5, 5.41) is 3.34. The fourth-order valence-corrected chi connectivity index (χ4v) is 1.93. The number of aromatic nitrogens is 2. The van der Waals surface area contributed by atoms with Crippen LogP contribution in [0.15, 0.2) is 23.1 Å². The fraction of sp³-hybridized carbons (Fsp3) is 0.400. The highest BCUT2D eigenvalue weighted by molar-refractivity contribution is 5.68. The topological polar surface area (TPSA) is 51.0 Å². The van der Waals surface area contributed by atoms with Crippen molar-refractivity contribution in [3.8, 4) is 0 Å². The normalized spacial score (nSPS) is 21.9. The summed E-state index contributed by atoms with van der Waals surface area (Å²) in [6.07, 6.45) is 4.52. The van der Waals surface area contributed by atoms with Crippen LogP contribution in [0.5, 0.6) is 0 Å². The Balaban J connectivity index is 2.04. The molecule has 0 aromatic carbocycles. The van der Waals surface area contributed by atoms with Crippen molar-refractivity contribution in [2.75, 3.05) is 13.1 Å². The average molecular weight is 189 g/mol. The Bertz CT molecular complexity index is 445. The van der Waals surface area contributed by atoms with Crippen LogP contribution in [0.2, 0.25) is 0 Å². The van der Waals surface area contributed by atoms with E-state index in [2.05, 4.69) is 21.4 Å². The van der Waals surface area contributed by atoms with E-state index in [-0.39, 0.29) is 0 Å². The van der Waals surface area contributed by atoms with Crippen LogP contribution in [0.3, 0.4) is 0 Å². The average Bonchev–Trinajstić information content (AvgIpc) is 2.88. The summed E-state index contributed by atoms with van der Waals surface area (Å²) in [7, 11) is 0. The number of hydrogen-bond acceptors (Lipinski definition) is 4. The minimum absolute atomic E-state index is 0.587. The van der Waals surface area contributed by atoms with Crippen molar-refractivity contribution in [3.05, 3.63) is 24.2 Å². The Morgan fingerprint density at radius 1 is 1.43 bits per heavy atom. The van der Waals surface area contributed by atoms with Gasteiger partial charge in [0.25, 0.3) is 0 Å². The number of fused-ring (bicyclic) bond motifs is 1. The van der Waals surface area contributed by atoms with Crippen LogP contribution in [-0.4, -0.2) is 23.1 Å². The SMILES string of the molecule is c1nc2cc(C3CCNC3)cnc2o1. The third-order valence-corrected chi connectivity index (χ3v) is 2.74. The second-order valence-corrected chi connectivity index (χ2v) is 3.64. The van der Waals surface area contributed by atoms with Crippen molar-refractivity contribution >= 4 is 11.2 Å². The van der Waals surface area contributed by atoms with E-state index in [4.69, 9.17) is 4.42 Å². The molecule has 1 unspecified atom stereocenters. The predicted octanol–water partition coefficient (Wildman–Crippen LogP) is 1.30. The summed E-state index contributed by atoms with van der Waals surface area (Å²) in [5.41, 5.74) is 2.74. The van der Waals surface area contributed by atoms with Gasteiger partial charge < -0.3 is 9.73 Å². The minimum Gasteiger partial charge on any atom is -0.425 e. The maximum Gasteiger partial charge on any atom is 0.246 e. The fourth-order valence-electron chi connectivity index (χ4n) is 1.93. The van der Waals surface area contributed by atoms with Gasteiger partial charge in [0.15, 0.2) is 6.39 Å². The lowest BCUT2D eigenvalue weighted by Crippen LogP contribution is -2.08. The second kappa shape index (κ2) is 3.06. The zero-order valence-corrected chi connectivity index (χ0v) is 7.73. The molecule has 0 radical (unpaired) electrons. The van der Waals surface area contributed by atoms with E-state index in [9.17, 15) is 0 Å². The molecule has 0 bridgehead atoms. The standard InChI is InChI=1S/C10H11N3O/c1-2-11-4-7(1)8-3-9-10(12-5-8)14-6-13-9/h3,5-7,11H,1-2,4H2. The molecule has 0 saturated carbocycles. The van der Waals surface area contributed by atoms with E-state index in [0.29, 0.717) is 11.6 Å². The highest BCUT2D eigenvalue weighted by Crippen LogP contribution is 2.23. The molecule has 3 rings (SSSR count). The maximum atomic E-state index is 5.10. The number of hydrogen-bond donors (Lipinski definition) is 1. The molecule has 2 aromatic rings. The highest BCUT2D eigenvalue weighted by Gasteiger charge is 2.17. The van der Waals surface area contributed by atoms with E-state index in [1.165, 1.54) is 18.4 Å². The number of pyridine rings is 1. The van der Waals surface area contributed by atoms with E-state index in [1.54, 1.807) is 0 Å². The third-order valence-electron chi connectivity index (χ3n) is 2.74. The molecule has 0 aliphatic carbocycles. The molecule has 4 nitrogen and oxygen atoms in total. The van der Waals surface area contributed by atoms with Gasteiger partial charge in [0.1, 0.15) is 5.52 Å². The number of rotatable bonds is 1. The molecule has 2 aromatic heterocycles. The largest absolute Gasteiger partial charge is 0.425 e. The van der Waals surface area contributed by atoms with Crippen LogP contribution < -0.4 is 5.32 Å². The van der Waals surface area contributed by atoms with E-state index >= 15 is 0 Å². The summed E-state index contributed by atoms with van der Waals surface area (Å²) < 4.78 is 5.10. The summed E-state index contributed by atoms with van der Waals surface area (Å²) in [6, 6.07) is 2.07. The molecule has 0 spiro atoms. The lowest BCUT2D eigenvalue weighted by atomic mass is 10.0. The van der Waals surface area contributed by atoms with Crippen LogP contribution in [0, 0.1) is 0 Å². The Morgan fingerprint density at radius 2 is 2.43 bits per heavy atom. The van der Waals surface area contributed by atoms with Crippen molar-refractivity contribution in [2.45, 2.75) is 12.3 Å². The summed E-state index contributed by atoms with van der Waals surface area (Å²) in [5.74, 6) is 0.587. The van der Waals surface area contributed by atoms with Gasteiger partial charge in [0.2, 0.25) is 5.71 Å². The van der Waals surface area contributed by atoms with Crippen molar-refractivity contribution < 1.29 is 4.42 Å². The van der Waals surface area contributed by atoms with Gasteiger partial charge in [-0.25, -0.2) is 9.97 Å². The first-order chi connectivity index (χ1) is 6.93. The van der Waals surface area contributed by atoms with Crippen molar-refractivity contribution in [1.82, 2.24) is 15.3 Å². The number of nitrogens with one attached hydrogen (secondary N) is 1. The van der Waals surface area contributed by atoms with E-state index in [0.717, 1.165) is 18.6 Å².